The zero-order valence-corrected chi connectivity index (χ0v) is 10.7. The maximum Gasteiger partial charge on any atom is 0.136 e. The molecule has 0 heterocycles. The van der Waals surface area contributed by atoms with Crippen LogP contribution in [0.2, 0.25) is 0 Å². The van der Waals surface area contributed by atoms with Crippen molar-refractivity contribution in [1.29, 1.82) is 5.26 Å². The van der Waals surface area contributed by atoms with Crippen LogP contribution in [0.3, 0.4) is 0 Å². The minimum atomic E-state index is -0.168. The van der Waals surface area contributed by atoms with E-state index in [1.54, 1.807) is 26.0 Å². The molecule has 0 aliphatic carbocycles. The molecule has 4 heteroatoms. The number of hydrogen-bond acceptors (Lipinski definition) is 4. The van der Waals surface area contributed by atoms with Crippen molar-refractivity contribution in [2.75, 3.05) is 20.5 Å². The molecule has 1 aromatic rings. The standard InChI is InChI=1S/C12H15NO2S/c1-8(7-13)9-5-10(14-2)12(16-4)11(6-9)15-3/h5-6,8H,1-4H3. The Morgan fingerprint density at radius 1 is 1.25 bits per heavy atom. The summed E-state index contributed by atoms with van der Waals surface area (Å²) in [6, 6.07) is 5.99. The summed E-state index contributed by atoms with van der Waals surface area (Å²) in [7, 11) is 3.24. The van der Waals surface area contributed by atoms with Gasteiger partial charge in [-0.05, 0) is 30.9 Å². The van der Waals surface area contributed by atoms with Gasteiger partial charge in [-0.3, -0.25) is 0 Å². The Hall–Kier alpha value is -1.34. The van der Waals surface area contributed by atoms with Crippen LogP contribution in [-0.2, 0) is 0 Å². The van der Waals surface area contributed by atoms with Crippen LogP contribution in [0.4, 0.5) is 0 Å². The lowest BCUT2D eigenvalue weighted by Gasteiger charge is -2.14. The summed E-state index contributed by atoms with van der Waals surface area (Å²) in [5.41, 5.74) is 0.911. The van der Waals surface area contributed by atoms with Gasteiger partial charge < -0.3 is 9.47 Å². The number of rotatable bonds is 4. The van der Waals surface area contributed by atoms with Gasteiger partial charge in [0, 0.05) is 0 Å². The molecule has 1 aromatic carbocycles. The van der Waals surface area contributed by atoms with E-state index in [2.05, 4.69) is 6.07 Å². The molecule has 0 N–H and O–H groups in total. The minimum absolute atomic E-state index is 0.168. The Balaban J connectivity index is 3.32. The molecule has 1 unspecified atom stereocenters. The van der Waals surface area contributed by atoms with Crippen LogP contribution >= 0.6 is 11.8 Å². The maximum atomic E-state index is 8.91. The molecule has 16 heavy (non-hydrogen) atoms. The second-order valence-electron chi connectivity index (χ2n) is 3.31. The number of ether oxygens (including phenoxy) is 2. The molecule has 1 rings (SSSR count). The van der Waals surface area contributed by atoms with Crippen molar-refractivity contribution in [3.05, 3.63) is 17.7 Å². The summed E-state index contributed by atoms with van der Waals surface area (Å²) >= 11 is 1.57. The van der Waals surface area contributed by atoms with E-state index in [0.717, 1.165) is 22.0 Å². The number of nitriles is 1. The Morgan fingerprint density at radius 3 is 2.06 bits per heavy atom. The van der Waals surface area contributed by atoms with Crippen molar-refractivity contribution < 1.29 is 9.47 Å². The molecule has 0 aromatic heterocycles. The second-order valence-corrected chi connectivity index (χ2v) is 4.13. The molecule has 0 radical (unpaired) electrons. The van der Waals surface area contributed by atoms with Gasteiger partial charge in [0.2, 0.25) is 0 Å². The Bertz CT molecular complexity index is 387. The van der Waals surface area contributed by atoms with Crippen molar-refractivity contribution in [3.63, 3.8) is 0 Å². The topological polar surface area (TPSA) is 42.2 Å². The molecular weight excluding hydrogens is 222 g/mol. The predicted octanol–water partition coefficient (Wildman–Crippen LogP) is 3.05. The van der Waals surface area contributed by atoms with Crippen LogP contribution in [0.5, 0.6) is 11.5 Å². The van der Waals surface area contributed by atoms with Gasteiger partial charge in [0.1, 0.15) is 11.5 Å². The van der Waals surface area contributed by atoms with Crippen LogP contribution < -0.4 is 9.47 Å². The number of thioether (sulfide) groups is 1. The smallest absolute Gasteiger partial charge is 0.136 e. The molecule has 0 amide bonds. The van der Waals surface area contributed by atoms with Crippen LogP contribution in [0, 0.1) is 11.3 Å². The average Bonchev–Trinajstić information content (AvgIpc) is 2.35. The lowest BCUT2D eigenvalue weighted by molar-refractivity contribution is 0.375. The van der Waals surface area contributed by atoms with Gasteiger partial charge >= 0.3 is 0 Å². The molecule has 0 fully saturated rings. The predicted molar refractivity (Wildman–Crippen MR) is 65.4 cm³/mol. The maximum absolute atomic E-state index is 8.91. The first kappa shape index (κ1) is 12.7. The van der Waals surface area contributed by atoms with Crippen LogP contribution in [0.15, 0.2) is 17.0 Å². The molecule has 86 valence electrons. The Labute approximate surface area is 100 Å². The van der Waals surface area contributed by atoms with Crippen LogP contribution in [0.25, 0.3) is 0 Å². The molecule has 0 aliphatic rings. The number of methoxy groups -OCH3 is 2. The zero-order chi connectivity index (χ0) is 12.1. The van der Waals surface area contributed by atoms with Gasteiger partial charge in [-0.15, -0.1) is 11.8 Å². The van der Waals surface area contributed by atoms with Crippen molar-refractivity contribution in [1.82, 2.24) is 0 Å². The molecule has 0 saturated heterocycles. The Morgan fingerprint density at radius 2 is 1.75 bits per heavy atom. The number of hydrogen-bond donors (Lipinski definition) is 0. The van der Waals surface area contributed by atoms with E-state index in [9.17, 15) is 0 Å². The highest BCUT2D eigenvalue weighted by Gasteiger charge is 2.14. The quantitative estimate of drug-likeness (QED) is 0.755. The molecule has 0 saturated carbocycles. The van der Waals surface area contributed by atoms with Crippen molar-refractivity contribution in [2.24, 2.45) is 0 Å². The summed E-state index contributed by atoms with van der Waals surface area (Å²) in [6.07, 6.45) is 1.97. The summed E-state index contributed by atoms with van der Waals surface area (Å²) in [5.74, 6) is 1.34. The van der Waals surface area contributed by atoms with Crippen molar-refractivity contribution in [2.45, 2.75) is 17.7 Å². The van der Waals surface area contributed by atoms with E-state index in [0.29, 0.717) is 0 Å². The van der Waals surface area contributed by atoms with Crippen molar-refractivity contribution in [3.8, 4) is 17.6 Å². The number of nitrogens with zero attached hydrogens (tertiary/aromatic N) is 1. The van der Waals surface area contributed by atoms with Crippen LogP contribution in [0.1, 0.15) is 18.4 Å². The van der Waals surface area contributed by atoms with Crippen LogP contribution in [-0.4, -0.2) is 20.5 Å². The van der Waals surface area contributed by atoms with Gasteiger partial charge in [-0.25, -0.2) is 0 Å². The minimum Gasteiger partial charge on any atom is -0.495 e. The summed E-state index contributed by atoms with van der Waals surface area (Å²) in [6.45, 7) is 1.85. The highest BCUT2D eigenvalue weighted by molar-refractivity contribution is 7.98. The highest BCUT2D eigenvalue weighted by atomic mass is 32.2. The zero-order valence-electron chi connectivity index (χ0n) is 9.90. The summed E-state index contributed by atoms with van der Waals surface area (Å²) in [4.78, 5) is 0.957. The molecule has 3 nitrogen and oxygen atoms in total. The van der Waals surface area contributed by atoms with Gasteiger partial charge in [0.25, 0.3) is 0 Å². The molecule has 0 bridgehead atoms. The van der Waals surface area contributed by atoms with Gasteiger partial charge in [-0.1, -0.05) is 0 Å². The third kappa shape index (κ3) is 2.42. The first-order valence-electron chi connectivity index (χ1n) is 4.87. The van der Waals surface area contributed by atoms with E-state index in [1.807, 2.05) is 25.3 Å². The fraction of sp³-hybridized carbons (Fsp3) is 0.417. The third-order valence-electron chi connectivity index (χ3n) is 2.38. The summed E-state index contributed by atoms with van der Waals surface area (Å²) in [5, 5.41) is 8.91. The lowest BCUT2D eigenvalue weighted by atomic mass is 10.0. The van der Waals surface area contributed by atoms with E-state index in [4.69, 9.17) is 14.7 Å². The normalized spacial score (nSPS) is 11.7. The molecule has 1 atom stereocenters. The fourth-order valence-corrected chi connectivity index (χ4v) is 2.11. The fourth-order valence-electron chi connectivity index (χ4n) is 1.43. The third-order valence-corrected chi connectivity index (χ3v) is 3.19. The van der Waals surface area contributed by atoms with Crippen molar-refractivity contribution >= 4 is 11.8 Å². The first-order chi connectivity index (χ1) is 7.67. The molecule has 0 aliphatic heterocycles. The average molecular weight is 237 g/mol. The monoisotopic (exact) mass is 237 g/mol. The first-order valence-corrected chi connectivity index (χ1v) is 6.09. The van der Waals surface area contributed by atoms with E-state index >= 15 is 0 Å². The van der Waals surface area contributed by atoms with E-state index < -0.39 is 0 Å². The SMILES string of the molecule is COc1cc(C(C)C#N)cc(OC)c1SC. The summed E-state index contributed by atoms with van der Waals surface area (Å²) < 4.78 is 10.6. The van der Waals surface area contributed by atoms with E-state index in [-0.39, 0.29) is 5.92 Å². The second kappa shape index (κ2) is 5.66. The lowest BCUT2D eigenvalue weighted by Crippen LogP contribution is -1.96. The largest absolute Gasteiger partial charge is 0.495 e. The van der Waals surface area contributed by atoms with Gasteiger partial charge in [0.15, 0.2) is 0 Å². The number of benzene rings is 1. The molecule has 0 spiro atoms. The Kier molecular flexibility index (Phi) is 4.51. The molecular formula is C12H15NO2S. The van der Waals surface area contributed by atoms with E-state index in [1.165, 1.54) is 0 Å². The van der Waals surface area contributed by atoms with Gasteiger partial charge in [0.05, 0.1) is 31.1 Å². The highest BCUT2D eigenvalue weighted by Crippen LogP contribution is 2.39. The van der Waals surface area contributed by atoms with Gasteiger partial charge in [-0.2, -0.15) is 5.26 Å².